The first-order valence-corrected chi connectivity index (χ1v) is 7.37. The molecule has 0 saturated heterocycles. The molecule has 0 aliphatic carbocycles. The molecule has 0 aromatic rings. The average Bonchev–Trinajstić information content (AvgIpc) is 1.84. The maximum Gasteiger partial charge on any atom is 0.673 e. The largest absolute Gasteiger partial charge is 0.673 e. The lowest BCUT2D eigenvalue weighted by atomic mass is 10.3. The summed E-state index contributed by atoms with van der Waals surface area (Å²) in [6, 6.07) is 0. The van der Waals surface area contributed by atoms with Crippen molar-refractivity contribution in [1.82, 2.24) is 0 Å². The summed E-state index contributed by atoms with van der Waals surface area (Å²) in [5.41, 5.74) is 0. The maximum absolute atomic E-state index is 9.75. The summed E-state index contributed by atoms with van der Waals surface area (Å²) in [5.74, 6) is 0. The van der Waals surface area contributed by atoms with E-state index < -0.39 is 14.5 Å². The molecular weight excluding hydrogens is 202 g/mol. The zero-order chi connectivity index (χ0) is 11.1. The highest BCUT2D eigenvalue weighted by molar-refractivity contribution is 7.74. The summed E-state index contributed by atoms with van der Waals surface area (Å²) in [4.78, 5) is 0. The summed E-state index contributed by atoms with van der Waals surface area (Å²) >= 11 is 0. The second-order valence-electron chi connectivity index (χ2n) is 3.47. The number of hydrogen-bond acceptors (Lipinski definition) is 0. The maximum atomic E-state index is 9.75. The van der Waals surface area contributed by atoms with E-state index in [1.807, 2.05) is 0 Å². The minimum absolute atomic E-state index is 0.423. The molecular formula is C7H18BF4P. The molecule has 0 nitrogen and oxygen atoms in total. The van der Waals surface area contributed by atoms with Crippen molar-refractivity contribution >= 4 is 14.5 Å². The predicted octanol–water partition coefficient (Wildman–Crippen LogP) is 3.99. The van der Waals surface area contributed by atoms with E-state index in [1.54, 1.807) is 0 Å². The third-order valence-corrected chi connectivity index (χ3v) is 5.05. The average molecular weight is 220 g/mol. The van der Waals surface area contributed by atoms with E-state index in [-0.39, 0.29) is 0 Å². The molecule has 0 unspecified atom stereocenters. The third-order valence-electron chi connectivity index (χ3n) is 1.68. The first-order valence-electron chi connectivity index (χ1n) is 4.31. The second-order valence-corrected chi connectivity index (χ2v) is 8.42. The number of rotatable bonds is 3. The fourth-order valence-electron chi connectivity index (χ4n) is 0.763. The van der Waals surface area contributed by atoms with E-state index in [4.69, 9.17) is 0 Å². The van der Waals surface area contributed by atoms with Crippen LogP contribution in [-0.2, 0) is 0 Å². The van der Waals surface area contributed by atoms with Gasteiger partial charge in [-0.3, -0.25) is 0 Å². The third kappa shape index (κ3) is 24.5. The molecule has 0 atom stereocenters. The van der Waals surface area contributed by atoms with Crippen molar-refractivity contribution in [2.45, 2.75) is 20.3 Å². The van der Waals surface area contributed by atoms with Gasteiger partial charge in [0.2, 0.25) is 0 Å². The molecule has 0 spiro atoms. The quantitative estimate of drug-likeness (QED) is 0.383. The molecule has 0 aliphatic rings. The van der Waals surface area contributed by atoms with Gasteiger partial charge in [-0.05, 0) is 13.3 Å². The van der Waals surface area contributed by atoms with Gasteiger partial charge in [0.05, 0.1) is 12.3 Å². The van der Waals surface area contributed by atoms with Crippen LogP contribution in [0.3, 0.4) is 0 Å². The van der Waals surface area contributed by atoms with Crippen LogP contribution in [-0.4, -0.2) is 32.9 Å². The van der Waals surface area contributed by atoms with Crippen LogP contribution in [0.15, 0.2) is 0 Å². The van der Waals surface area contributed by atoms with Crippen LogP contribution in [0.1, 0.15) is 20.3 Å². The lowest BCUT2D eigenvalue weighted by Gasteiger charge is -2.13. The van der Waals surface area contributed by atoms with Crippen molar-refractivity contribution in [3.05, 3.63) is 0 Å². The molecule has 6 heteroatoms. The van der Waals surface area contributed by atoms with Crippen LogP contribution < -0.4 is 0 Å². The molecule has 0 N–H and O–H groups in total. The Hall–Kier alpha value is 0.215. The van der Waals surface area contributed by atoms with Gasteiger partial charge in [-0.1, -0.05) is 6.92 Å². The van der Waals surface area contributed by atoms with Gasteiger partial charge in [-0.2, -0.15) is 0 Å². The first-order chi connectivity index (χ1) is 5.62. The van der Waals surface area contributed by atoms with Gasteiger partial charge in [-0.15, -0.1) is 0 Å². The molecule has 82 valence electrons. The predicted molar refractivity (Wildman–Crippen MR) is 54.7 cm³/mol. The molecule has 0 radical (unpaired) electrons. The SMILES string of the molecule is CCC[P+](C)(C)CC.F[B-](F)(F)F. The Morgan fingerprint density at radius 1 is 1.00 bits per heavy atom. The molecule has 0 aromatic heterocycles. The summed E-state index contributed by atoms with van der Waals surface area (Å²) in [6.45, 7) is 9.47. The summed E-state index contributed by atoms with van der Waals surface area (Å²) < 4.78 is 39.0. The Morgan fingerprint density at radius 3 is 1.38 bits per heavy atom. The minimum Gasteiger partial charge on any atom is -0.418 e. The van der Waals surface area contributed by atoms with Gasteiger partial charge in [0, 0.05) is 20.6 Å². The van der Waals surface area contributed by atoms with Crippen LogP contribution in [0.2, 0.25) is 0 Å². The van der Waals surface area contributed by atoms with Crippen molar-refractivity contribution in [3.8, 4) is 0 Å². The lowest BCUT2D eigenvalue weighted by molar-refractivity contribution is 0.368. The highest BCUT2D eigenvalue weighted by Gasteiger charge is 2.20. The van der Waals surface area contributed by atoms with E-state index >= 15 is 0 Å². The fraction of sp³-hybridized carbons (Fsp3) is 1.00. The van der Waals surface area contributed by atoms with E-state index in [0.717, 1.165) is 0 Å². The van der Waals surface area contributed by atoms with E-state index in [2.05, 4.69) is 27.2 Å². The van der Waals surface area contributed by atoms with Gasteiger partial charge in [0.15, 0.2) is 0 Å². The summed E-state index contributed by atoms with van der Waals surface area (Å²) in [7, 11) is -6.42. The Bertz CT molecular complexity index is 118. The van der Waals surface area contributed by atoms with Gasteiger partial charge in [-0.25, -0.2) is 0 Å². The lowest BCUT2D eigenvalue weighted by Crippen LogP contribution is -2.02. The molecule has 0 fully saturated rings. The molecule has 0 heterocycles. The minimum atomic E-state index is -6.00. The molecule has 0 aliphatic heterocycles. The monoisotopic (exact) mass is 220 g/mol. The highest BCUT2D eigenvalue weighted by Crippen LogP contribution is 2.50. The molecule has 0 bridgehead atoms. The van der Waals surface area contributed by atoms with Crippen molar-refractivity contribution < 1.29 is 17.3 Å². The van der Waals surface area contributed by atoms with E-state index in [0.29, 0.717) is 0 Å². The summed E-state index contributed by atoms with van der Waals surface area (Å²) in [5, 5.41) is 0. The van der Waals surface area contributed by atoms with Gasteiger partial charge in [0.1, 0.15) is 0 Å². The fourth-order valence-corrected chi connectivity index (χ4v) is 2.29. The Morgan fingerprint density at radius 2 is 1.31 bits per heavy atom. The molecule has 0 aromatic carbocycles. The molecule has 0 saturated carbocycles. The molecule has 13 heavy (non-hydrogen) atoms. The van der Waals surface area contributed by atoms with Gasteiger partial charge >= 0.3 is 7.25 Å². The van der Waals surface area contributed by atoms with Crippen LogP contribution in [0.4, 0.5) is 17.3 Å². The Kier molecular flexibility index (Phi) is 8.00. The summed E-state index contributed by atoms with van der Waals surface area (Å²) in [6.07, 6.45) is 4.26. The van der Waals surface area contributed by atoms with Crippen LogP contribution in [0.25, 0.3) is 0 Å². The van der Waals surface area contributed by atoms with Crippen molar-refractivity contribution in [3.63, 3.8) is 0 Å². The second kappa shape index (κ2) is 6.64. The van der Waals surface area contributed by atoms with Crippen LogP contribution in [0.5, 0.6) is 0 Å². The zero-order valence-corrected chi connectivity index (χ0v) is 9.55. The smallest absolute Gasteiger partial charge is 0.418 e. The normalized spacial score (nSPS) is 12.0. The molecule has 0 rings (SSSR count). The number of halogens is 4. The van der Waals surface area contributed by atoms with E-state index in [1.165, 1.54) is 18.7 Å². The van der Waals surface area contributed by atoms with E-state index in [9.17, 15) is 17.3 Å². The first kappa shape index (κ1) is 15.7. The standard InChI is InChI=1S/C7H18P.BF4/c1-5-7-8(3,4)6-2;2-1(3,4)5/h5-7H2,1-4H3;/q+1;-1. The van der Waals surface area contributed by atoms with Crippen molar-refractivity contribution in [2.75, 3.05) is 25.7 Å². The Balaban J connectivity index is 0. The highest BCUT2D eigenvalue weighted by atomic mass is 31.2. The van der Waals surface area contributed by atoms with Crippen LogP contribution in [0, 0.1) is 0 Å². The van der Waals surface area contributed by atoms with Crippen molar-refractivity contribution in [2.24, 2.45) is 0 Å². The number of hydrogen-bond donors (Lipinski definition) is 0. The Labute approximate surface area is 78.5 Å². The van der Waals surface area contributed by atoms with Crippen LogP contribution >= 0.6 is 7.26 Å². The van der Waals surface area contributed by atoms with Gasteiger partial charge < -0.3 is 17.3 Å². The molecule has 0 amide bonds. The van der Waals surface area contributed by atoms with Gasteiger partial charge in [0.25, 0.3) is 0 Å². The topological polar surface area (TPSA) is 0 Å². The van der Waals surface area contributed by atoms with Crippen molar-refractivity contribution in [1.29, 1.82) is 0 Å². The zero-order valence-electron chi connectivity index (χ0n) is 8.66.